The van der Waals surface area contributed by atoms with Crippen molar-refractivity contribution in [2.75, 3.05) is 7.11 Å². The van der Waals surface area contributed by atoms with E-state index in [0.717, 1.165) is 42.0 Å². The fourth-order valence-corrected chi connectivity index (χ4v) is 2.28. The van der Waals surface area contributed by atoms with Gasteiger partial charge in [0.15, 0.2) is 0 Å². The van der Waals surface area contributed by atoms with Gasteiger partial charge in [-0.1, -0.05) is 13.8 Å². The van der Waals surface area contributed by atoms with E-state index in [2.05, 4.69) is 24.5 Å². The Hall–Kier alpha value is -1.55. The van der Waals surface area contributed by atoms with Crippen LogP contribution in [0.25, 0.3) is 11.0 Å². The van der Waals surface area contributed by atoms with Crippen molar-refractivity contribution in [2.45, 2.75) is 45.7 Å². The first-order valence-electron chi connectivity index (χ1n) is 6.87. The van der Waals surface area contributed by atoms with Crippen LogP contribution < -0.4 is 10.5 Å². The molecule has 0 amide bonds. The fourth-order valence-electron chi connectivity index (χ4n) is 2.28. The molecule has 1 atom stereocenters. The lowest BCUT2D eigenvalue weighted by atomic mass is 9.99. The number of hydrogen-bond acceptors (Lipinski definition) is 3. The molecule has 1 aromatic heterocycles. The van der Waals surface area contributed by atoms with Gasteiger partial charge in [-0.2, -0.15) is 0 Å². The lowest BCUT2D eigenvalue weighted by Gasteiger charge is -2.23. The maximum Gasteiger partial charge on any atom is 0.129 e. The van der Waals surface area contributed by atoms with Crippen molar-refractivity contribution < 1.29 is 4.74 Å². The molecule has 2 rings (SSSR count). The van der Waals surface area contributed by atoms with Crippen LogP contribution in [0.2, 0.25) is 0 Å². The Balaban J connectivity index is 2.65. The lowest BCUT2D eigenvalue weighted by molar-refractivity contribution is 0.415. The van der Waals surface area contributed by atoms with Crippen LogP contribution in [-0.2, 0) is 12.1 Å². The second-order valence-electron chi connectivity index (χ2n) is 5.21. The third-order valence-electron chi connectivity index (χ3n) is 3.65. The molecule has 2 aromatic rings. The van der Waals surface area contributed by atoms with E-state index < -0.39 is 5.54 Å². The summed E-state index contributed by atoms with van der Waals surface area (Å²) in [4.78, 5) is 4.74. The van der Waals surface area contributed by atoms with E-state index >= 15 is 0 Å². The van der Waals surface area contributed by atoms with Gasteiger partial charge in [0.2, 0.25) is 0 Å². The Morgan fingerprint density at radius 2 is 2.11 bits per heavy atom. The number of fused-ring (bicyclic) bond motifs is 1. The third-order valence-corrected chi connectivity index (χ3v) is 3.65. The predicted molar refractivity (Wildman–Crippen MR) is 78.4 cm³/mol. The van der Waals surface area contributed by atoms with Crippen molar-refractivity contribution in [3.8, 4) is 5.75 Å². The average molecular weight is 261 g/mol. The summed E-state index contributed by atoms with van der Waals surface area (Å²) in [7, 11) is 1.67. The molecule has 0 aliphatic carbocycles. The highest BCUT2D eigenvalue weighted by Gasteiger charge is 2.26. The van der Waals surface area contributed by atoms with Gasteiger partial charge in [0.05, 0.1) is 23.7 Å². The molecular formula is C15H23N3O. The summed E-state index contributed by atoms with van der Waals surface area (Å²) in [5, 5.41) is 0. The predicted octanol–water partition coefficient (Wildman–Crippen LogP) is 3.04. The van der Waals surface area contributed by atoms with E-state index in [-0.39, 0.29) is 0 Å². The van der Waals surface area contributed by atoms with Crippen LogP contribution in [0.15, 0.2) is 18.2 Å². The maximum absolute atomic E-state index is 6.39. The van der Waals surface area contributed by atoms with Crippen LogP contribution in [-0.4, -0.2) is 16.7 Å². The SMILES string of the molecule is CCCn1c(C(C)(N)CC)nc2cc(OC)ccc21. The van der Waals surface area contributed by atoms with Gasteiger partial charge in [-0.05, 0) is 31.9 Å². The number of aryl methyl sites for hydroxylation is 1. The van der Waals surface area contributed by atoms with Crippen molar-refractivity contribution in [2.24, 2.45) is 5.73 Å². The van der Waals surface area contributed by atoms with Gasteiger partial charge in [0.25, 0.3) is 0 Å². The summed E-state index contributed by atoms with van der Waals surface area (Å²) in [6, 6.07) is 6.00. The molecular weight excluding hydrogens is 238 g/mol. The zero-order valence-corrected chi connectivity index (χ0v) is 12.2. The van der Waals surface area contributed by atoms with Gasteiger partial charge in [0.1, 0.15) is 11.6 Å². The number of nitrogens with two attached hydrogens (primary N) is 1. The van der Waals surface area contributed by atoms with Gasteiger partial charge in [-0.25, -0.2) is 4.98 Å². The molecule has 4 nitrogen and oxygen atoms in total. The zero-order chi connectivity index (χ0) is 14.0. The Labute approximate surface area is 114 Å². The first-order chi connectivity index (χ1) is 9.03. The summed E-state index contributed by atoms with van der Waals surface area (Å²) in [6.45, 7) is 7.23. The number of rotatable bonds is 5. The van der Waals surface area contributed by atoms with Crippen LogP contribution in [0.4, 0.5) is 0 Å². The lowest BCUT2D eigenvalue weighted by Crippen LogP contribution is -2.35. The number of imidazole rings is 1. The van der Waals surface area contributed by atoms with Crippen molar-refractivity contribution in [3.63, 3.8) is 0 Å². The monoisotopic (exact) mass is 261 g/mol. The second-order valence-corrected chi connectivity index (χ2v) is 5.21. The van der Waals surface area contributed by atoms with Gasteiger partial charge >= 0.3 is 0 Å². The van der Waals surface area contributed by atoms with Crippen molar-refractivity contribution >= 4 is 11.0 Å². The van der Waals surface area contributed by atoms with Gasteiger partial charge in [-0.3, -0.25) is 0 Å². The Bertz CT molecular complexity index is 572. The molecule has 1 heterocycles. The van der Waals surface area contributed by atoms with Crippen LogP contribution >= 0.6 is 0 Å². The van der Waals surface area contributed by atoms with E-state index in [4.69, 9.17) is 15.5 Å². The summed E-state index contributed by atoms with van der Waals surface area (Å²) >= 11 is 0. The molecule has 0 aliphatic heterocycles. The molecule has 0 saturated carbocycles. The molecule has 0 radical (unpaired) electrons. The van der Waals surface area contributed by atoms with Crippen molar-refractivity contribution in [1.29, 1.82) is 0 Å². The van der Waals surface area contributed by atoms with Crippen LogP contribution in [0.1, 0.15) is 39.4 Å². The molecule has 2 N–H and O–H groups in total. The molecule has 1 aromatic carbocycles. The largest absolute Gasteiger partial charge is 0.497 e. The molecule has 0 spiro atoms. The third kappa shape index (κ3) is 2.45. The molecule has 1 unspecified atom stereocenters. The van der Waals surface area contributed by atoms with Crippen LogP contribution in [0.3, 0.4) is 0 Å². The molecule has 0 fully saturated rings. The van der Waals surface area contributed by atoms with E-state index in [1.807, 2.05) is 19.1 Å². The number of methoxy groups -OCH3 is 1. The first-order valence-corrected chi connectivity index (χ1v) is 6.87. The van der Waals surface area contributed by atoms with Crippen LogP contribution in [0, 0.1) is 0 Å². The Morgan fingerprint density at radius 1 is 1.37 bits per heavy atom. The van der Waals surface area contributed by atoms with Gasteiger partial charge < -0.3 is 15.0 Å². The summed E-state index contributed by atoms with van der Waals surface area (Å²) in [5.74, 6) is 1.79. The number of hydrogen-bond donors (Lipinski definition) is 1. The molecule has 0 bridgehead atoms. The molecule has 0 saturated heterocycles. The normalized spacial score (nSPS) is 14.6. The average Bonchev–Trinajstić information content (AvgIpc) is 2.78. The van der Waals surface area contributed by atoms with Crippen LogP contribution in [0.5, 0.6) is 5.75 Å². The smallest absolute Gasteiger partial charge is 0.129 e. The Morgan fingerprint density at radius 3 is 2.68 bits per heavy atom. The minimum Gasteiger partial charge on any atom is -0.497 e. The number of nitrogens with zero attached hydrogens (tertiary/aromatic N) is 2. The second kappa shape index (κ2) is 5.21. The summed E-state index contributed by atoms with van der Waals surface area (Å²) in [5.41, 5.74) is 8.07. The van der Waals surface area contributed by atoms with E-state index in [9.17, 15) is 0 Å². The first kappa shape index (κ1) is 13.9. The van der Waals surface area contributed by atoms with Crippen molar-refractivity contribution in [1.82, 2.24) is 9.55 Å². The van der Waals surface area contributed by atoms with Crippen molar-refractivity contribution in [3.05, 3.63) is 24.0 Å². The van der Waals surface area contributed by atoms with Gasteiger partial charge in [-0.15, -0.1) is 0 Å². The number of benzene rings is 1. The molecule has 19 heavy (non-hydrogen) atoms. The highest BCUT2D eigenvalue weighted by atomic mass is 16.5. The minimum atomic E-state index is -0.401. The fraction of sp³-hybridized carbons (Fsp3) is 0.533. The quantitative estimate of drug-likeness (QED) is 0.900. The maximum atomic E-state index is 6.39. The van der Waals surface area contributed by atoms with E-state index in [0.29, 0.717) is 0 Å². The number of aromatic nitrogens is 2. The molecule has 4 heteroatoms. The topological polar surface area (TPSA) is 53.1 Å². The van der Waals surface area contributed by atoms with E-state index in [1.165, 1.54) is 0 Å². The minimum absolute atomic E-state index is 0.401. The Kier molecular flexibility index (Phi) is 3.80. The highest BCUT2D eigenvalue weighted by Crippen LogP contribution is 2.28. The zero-order valence-electron chi connectivity index (χ0n) is 12.2. The summed E-state index contributed by atoms with van der Waals surface area (Å²) in [6.07, 6.45) is 1.92. The van der Waals surface area contributed by atoms with E-state index in [1.54, 1.807) is 7.11 Å². The van der Waals surface area contributed by atoms with Gasteiger partial charge in [0, 0.05) is 12.6 Å². The standard InChI is InChI=1S/C15H23N3O/c1-5-9-18-13-8-7-11(19-4)10-12(13)17-14(18)15(3,16)6-2/h7-8,10H,5-6,9,16H2,1-4H3. The molecule has 104 valence electrons. The summed E-state index contributed by atoms with van der Waals surface area (Å²) < 4.78 is 7.50. The highest BCUT2D eigenvalue weighted by molar-refractivity contribution is 5.78. The molecule has 0 aliphatic rings. The number of ether oxygens (including phenoxy) is 1.